The molecule has 1 spiro atoms. The van der Waals surface area contributed by atoms with Crippen molar-refractivity contribution in [1.82, 2.24) is 5.32 Å². The van der Waals surface area contributed by atoms with Crippen LogP contribution in [0.15, 0.2) is 78.9 Å². The van der Waals surface area contributed by atoms with Crippen molar-refractivity contribution in [3.05, 3.63) is 90.0 Å². The van der Waals surface area contributed by atoms with Gasteiger partial charge in [0.05, 0.1) is 17.5 Å². The lowest BCUT2D eigenvalue weighted by Crippen LogP contribution is -2.56. The van der Waals surface area contributed by atoms with E-state index in [-0.39, 0.29) is 24.3 Å². The molecule has 4 aliphatic rings. The van der Waals surface area contributed by atoms with Gasteiger partial charge in [-0.2, -0.15) is 0 Å². The summed E-state index contributed by atoms with van der Waals surface area (Å²) in [5, 5.41) is 3.37. The number of nitrogens with one attached hydrogen (secondary N) is 1. The summed E-state index contributed by atoms with van der Waals surface area (Å²) in [6.07, 6.45) is 0.769. The van der Waals surface area contributed by atoms with Crippen LogP contribution in [-0.4, -0.2) is 42.8 Å². The number of hydrogen-bond donors (Lipinski definition) is 1. The van der Waals surface area contributed by atoms with E-state index >= 15 is 0 Å². The Bertz CT molecular complexity index is 1520. The molecule has 2 fully saturated rings. The summed E-state index contributed by atoms with van der Waals surface area (Å²) < 4.78 is 0. The fraction of sp³-hybridized carbons (Fsp3) is 0.267. The molecule has 190 valence electrons. The summed E-state index contributed by atoms with van der Waals surface area (Å²) in [5.74, 6) is -2.86. The van der Waals surface area contributed by atoms with Crippen LogP contribution in [0.1, 0.15) is 18.1 Å². The Morgan fingerprint density at radius 3 is 2.37 bits per heavy atom. The number of imide groups is 1. The third kappa shape index (κ3) is 2.89. The van der Waals surface area contributed by atoms with Gasteiger partial charge in [-0.15, -0.1) is 0 Å². The van der Waals surface area contributed by atoms with Crippen molar-refractivity contribution in [2.75, 3.05) is 27.8 Å². The Hall–Kier alpha value is -4.30. The molecule has 0 bridgehead atoms. The van der Waals surface area contributed by atoms with Crippen molar-refractivity contribution in [3.63, 3.8) is 0 Å². The molecule has 0 unspecified atom stereocenters. The molecule has 0 aromatic heterocycles. The predicted molar refractivity (Wildman–Crippen MR) is 141 cm³/mol. The molecular weight excluding hydrogens is 480 g/mol. The maximum absolute atomic E-state index is 14.4. The van der Waals surface area contributed by atoms with Gasteiger partial charge in [0.2, 0.25) is 17.7 Å². The highest BCUT2D eigenvalue weighted by Crippen LogP contribution is 2.55. The van der Waals surface area contributed by atoms with Gasteiger partial charge in [-0.1, -0.05) is 54.6 Å². The smallest absolute Gasteiger partial charge is 0.253 e. The molecule has 4 amide bonds. The van der Waals surface area contributed by atoms with Crippen LogP contribution < -0.4 is 20.0 Å². The third-order valence-electron chi connectivity index (χ3n) is 8.51. The molecule has 38 heavy (non-hydrogen) atoms. The van der Waals surface area contributed by atoms with Crippen LogP contribution in [0, 0.1) is 11.8 Å². The summed E-state index contributed by atoms with van der Waals surface area (Å²) in [5.41, 5.74) is 2.29. The number of anilines is 3. The number of fused-ring (bicyclic) bond motifs is 5. The van der Waals surface area contributed by atoms with Gasteiger partial charge in [-0.05, 0) is 43.2 Å². The SMILES string of the molecule is C[C@@H]1N[C@]2(C(=O)N(CC(=O)N3CCc4ccccc43)c3ccccc32)[C@@H]2C(=O)N(c3ccccc3)C(=O)[C@H]12. The van der Waals surface area contributed by atoms with Gasteiger partial charge in [0.1, 0.15) is 12.1 Å². The molecule has 0 radical (unpaired) electrons. The molecule has 3 aromatic rings. The van der Waals surface area contributed by atoms with E-state index in [1.807, 2.05) is 61.5 Å². The minimum absolute atomic E-state index is 0.149. The van der Waals surface area contributed by atoms with E-state index in [2.05, 4.69) is 5.32 Å². The molecule has 4 atom stereocenters. The summed E-state index contributed by atoms with van der Waals surface area (Å²) in [6, 6.07) is 23.5. The molecule has 0 aliphatic carbocycles. The van der Waals surface area contributed by atoms with E-state index in [4.69, 9.17) is 0 Å². The second-order valence-corrected chi connectivity index (χ2v) is 10.4. The Morgan fingerprint density at radius 1 is 0.895 bits per heavy atom. The summed E-state index contributed by atoms with van der Waals surface area (Å²) in [7, 11) is 0. The van der Waals surface area contributed by atoms with Crippen molar-refractivity contribution in [3.8, 4) is 0 Å². The molecule has 2 saturated heterocycles. The van der Waals surface area contributed by atoms with Crippen molar-refractivity contribution in [1.29, 1.82) is 0 Å². The summed E-state index contributed by atoms with van der Waals surface area (Å²) in [6.45, 7) is 2.26. The van der Waals surface area contributed by atoms with Crippen molar-refractivity contribution >= 4 is 40.7 Å². The first-order valence-electron chi connectivity index (χ1n) is 12.9. The van der Waals surface area contributed by atoms with Gasteiger partial charge < -0.3 is 9.80 Å². The maximum atomic E-state index is 14.4. The topological polar surface area (TPSA) is 90.0 Å². The average Bonchev–Trinajstić information content (AvgIpc) is 3.63. The Kier molecular flexibility index (Phi) is 4.87. The largest absolute Gasteiger partial charge is 0.310 e. The molecule has 3 aromatic carbocycles. The molecule has 1 N–H and O–H groups in total. The highest BCUT2D eigenvalue weighted by Gasteiger charge is 2.71. The van der Waals surface area contributed by atoms with Gasteiger partial charge >= 0.3 is 0 Å². The van der Waals surface area contributed by atoms with Crippen molar-refractivity contribution < 1.29 is 19.2 Å². The third-order valence-corrected chi connectivity index (χ3v) is 8.51. The number of para-hydroxylation sites is 3. The number of carbonyl (C=O) groups excluding carboxylic acids is 4. The second-order valence-electron chi connectivity index (χ2n) is 10.4. The van der Waals surface area contributed by atoms with Gasteiger partial charge in [-0.25, -0.2) is 4.90 Å². The lowest BCUT2D eigenvalue weighted by atomic mass is 9.76. The van der Waals surface area contributed by atoms with Crippen LogP contribution in [0.3, 0.4) is 0 Å². The van der Waals surface area contributed by atoms with E-state index in [0.29, 0.717) is 23.5 Å². The first kappa shape index (κ1) is 22.9. The fourth-order valence-electron chi connectivity index (χ4n) is 6.92. The lowest BCUT2D eigenvalue weighted by Gasteiger charge is -2.30. The second kappa shape index (κ2) is 8.10. The minimum atomic E-state index is -1.42. The highest BCUT2D eigenvalue weighted by molar-refractivity contribution is 6.26. The first-order valence-corrected chi connectivity index (χ1v) is 12.9. The quantitative estimate of drug-likeness (QED) is 0.552. The van der Waals surface area contributed by atoms with Crippen molar-refractivity contribution in [2.24, 2.45) is 11.8 Å². The van der Waals surface area contributed by atoms with Gasteiger partial charge in [0.25, 0.3) is 5.91 Å². The molecule has 8 nitrogen and oxygen atoms in total. The standard InChI is InChI=1S/C30H26N4O4/c1-18-25-26(28(37)34(27(25)36)20-10-3-2-4-11-20)30(31-18)21-12-6-8-14-23(21)33(29(30)38)17-24(35)32-16-15-19-9-5-7-13-22(19)32/h2-14,18,25-26,31H,15-17H2,1H3/t18-,25+,26-,30-/m0/s1. The monoisotopic (exact) mass is 506 g/mol. The van der Waals surface area contributed by atoms with Gasteiger partial charge in [0.15, 0.2) is 0 Å². The number of benzene rings is 3. The number of nitrogens with zero attached hydrogens (tertiary/aromatic N) is 3. The number of amides is 4. The zero-order chi connectivity index (χ0) is 26.2. The number of carbonyl (C=O) groups is 4. The Labute approximate surface area is 219 Å². The lowest BCUT2D eigenvalue weighted by molar-refractivity contribution is -0.132. The van der Waals surface area contributed by atoms with Crippen LogP contribution in [0.5, 0.6) is 0 Å². The van der Waals surface area contributed by atoms with E-state index in [0.717, 1.165) is 17.7 Å². The molecule has 0 saturated carbocycles. The predicted octanol–water partition coefficient (Wildman–Crippen LogP) is 2.62. The van der Waals surface area contributed by atoms with E-state index in [1.54, 1.807) is 29.2 Å². The zero-order valence-electron chi connectivity index (χ0n) is 20.8. The normalized spacial score (nSPS) is 27.3. The van der Waals surface area contributed by atoms with Crippen LogP contribution in [0.2, 0.25) is 0 Å². The zero-order valence-corrected chi connectivity index (χ0v) is 20.8. The molecule has 8 heteroatoms. The summed E-state index contributed by atoms with van der Waals surface area (Å²) >= 11 is 0. The molecule has 4 heterocycles. The van der Waals surface area contributed by atoms with E-state index in [1.165, 1.54) is 9.80 Å². The fourth-order valence-corrected chi connectivity index (χ4v) is 6.92. The maximum Gasteiger partial charge on any atom is 0.253 e. The average molecular weight is 507 g/mol. The van der Waals surface area contributed by atoms with Crippen molar-refractivity contribution in [2.45, 2.75) is 24.9 Å². The van der Waals surface area contributed by atoms with E-state index < -0.39 is 29.3 Å². The number of rotatable bonds is 3. The van der Waals surface area contributed by atoms with Crippen LogP contribution in [0.4, 0.5) is 17.1 Å². The summed E-state index contributed by atoms with van der Waals surface area (Å²) in [4.78, 5) is 59.9. The Balaban J connectivity index is 1.28. The number of hydrogen-bond acceptors (Lipinski definition) is 5. The van der Waals surface area contributed by atoms with Gasteiger partial charge in [0, 0.05) is 29.5 Å². The molecule has 4 aliphatic heterocycles. The van der Waals surface area contributed by atoms with Gasteiger partial charge in [-0.3, -0.25) is 24.5 Å². The molecular formula is C30H26N4O4. The van der Waals surface area contributed by atoms with E-state index in [9.17, 15) is 19.2 Å². The van der Waals surface area contributed by atoms with Crippen LogP contribution >= 0.6 is 0 Å². The minimum Gasteiger partial charge on any atom is -0.310 e. The first-order chi connectivity index (χ1) is 18.4. The van der Waals surface area contributed by atoms with Crippen LogP contribution in [-0.2, 0) is 31.1 Å². The highest BCUT2D eigenvalue weighted by atomic mass is 16.2. The Morgan fingerprint density at radius 2 is 1.58 bits per heavy atom. The molecule has 7 rings (SSSR count). The van der Waals surface area contributed by atoms with Crippen LogP contribution in [0.25, 0.3) is 0 Å².